The summed E-state index contributed by atoms with van der Waals surface area (Å²) in [6.07, 6.45) is 22.5. The van der Waals surface area contributed by atoms with E-state index in [-0.39, 0.29) is 5.97 Å². The molecule has 0 aromatic heterocycles. The molecule has 3 nitrogen and oxygen atoms in total. The largest absolute Gasteiger partial charge is 0.501 e. The molecule has 0 rings (SSSR count). The van der Waals surface area contributed by atoms with Crippen LogP contribution in [0.15, 0.2) is 24.7 Å². The maximum Gasteiger partial charge on any atom is 0.310 e. The van der Waals surface area contributed by atoms with Crippen LogP contribution in [0.5, 0.6) is 0 Å². The van der Waals surface area contributed by atoms with Crippen molar-refractivity contribution in [3.8, 4) is 0 Å². The highest BCUT2D eigenvalue weighted by molar-refractivity contribution is 5.70. The molecular formula is C23H42O3. The summed E-state index contributed by atoms with van der Waals surface area (Å²) in [4.78, 5) is 11.0. The van der Waals surface area contributed by atoms with Gasteiger partial charge in [-0.05, 0) is 6.42 Å². The lowest BCUT2D eigenvalue weighted by Gasteiger charge is -2.04. The van der Waals surface area contributed by atoms with Crippen molar-refractivity contribution in [1.29, 1.82) is 0 Å². The molecule has 0 fully saturated rings. The van der Waals surface area contributed by atoms with Crippen LogP contribution >= 0.6 is 0 Å². The van der Waals surface area contributed by atoms with Crippen LogP contribution in [-0.2, 0) is 14.3 Å². The number of carbonyl (C=O) groups excluding carboxylic acids is 1. The Bertz CT molecular complexity index is 360. The Morgan fingerprint density at radius 2 is 1.23 bits per heavy atom. The molecule has 0 radical (unpaired) electrons. The van der Waals surface area contributed by atoms with E-state index < -0.39 is 0 Å². The van der Waals surface area contributed by atoms with Gasteiger partial charge in [0.15, 0.2) is 0 Å². The van der Waals surface area contributed by atoms with Gasteiger partial charge in [-0.15, -0.1) is 0 Å². The molecule has 0 amide bonds. The summed E-state index contributed by atoms with van der Waals surface area (Å²) in [5.41, 5.74) is 0. The Morgan fingerprint density at radius 3 is 1.69 bits per heavy atom. The summed E-state index contributed by atoms with van der Waals surface area (Å²) in [6, 6.07) is 0. The minimum Gasteiger partial charge on any atom is -0.501 e. The van der Waals surface area contributed by atoms with Gasteiger partial charge in [-0.25, -0.2) is 0 Å². The van der Waals surface area contributed by atoms with E-state index in [2.05, 4.69) is 13.5 Å². The number of hydrogen-bond donors (Lipinski definition) is 0. The van der Waals surface area contributed by atoms with Gasteiger partial charge in [-0.2, -0.15) is 0 Å². The molecule has 0 aliphatic rings. The lowest BCUT2D eigenvalue weighted by Crippen LogP contribution is -1.99. The van der Waals surface area contributed by atoms with Crippen LogP contribution in [0.3, 0.4) is 0 Å². The molecule has 0 saturated carbocycles. The Balaban J connectivity index is 3.20. The number of allylic oxidation sites excluding steroid dienone is 1. The van der Waals surface area contributed by atoms with Crippen molar-refractivity contribution in [1.82, 2.24) is 0 Å². The van der Waals surface area contributed by atoms with Crippen LogP contribution in [0.2, 0.25) is 0 Å². The molecule has 152 valence electrons. The fraction of sp³-hybridized carbons (Fsp3) is 0.783. The third kappa shape index (κ3) is 19.1. The smallest absolute Gasteiger partial charge is 0.310 e. The summed E-state index contributed by atoms with van der Waals surface area (Å²) in [5, 5.41) is 0. The maximum atomic E-state index is 11.0. The van der Waals surface area contributed by atoms with E-state index in [9.17, 15) is 4.79 Å². The molecule has 0 saturated heterocycles. The van der Waals surface area contributed by atoms with Crippen molar-refractivity contribution < 1.29 is 14.3 Å². The fourth-order valence-corrected chi connectivity index (χ4v) is 2.82. The summed E-state index contributed by atoms with van der Waals surface area (Å²) in [5.74, 6) is 0.0597. The molecule has 0 aromatic rings. The topological polar surface area (TPSA) is 35.5 Å². The SMILES string of the molecule is C=C(/C=C/OCCCCCCCCCCCCCCCC)OC(=O)CC. The first-order valence-corrected chi connectivity index (χ1v) is 10.9. The van der Waals surface area contributed by atoms with Crippen molar-refractivity contribution in [2.75, 3.05) is 6.61 Å². The maximum absolute atomic E-state index is 11.0. The Kier molecular flexibility index (Phi) is 19.1. The van der Waals surface area contributed by atoms with Crippen LogP contribution in [0.4, 0.5) is 0 Å². The number of ether oxygens (including phenoxy) is 2. The first-order chi connectivity index (χ1) is 12.7. The van der Waals surface area contributed by atoms with Crippen LogP contribution in [0, 0.1) is 0 Å². The number of esters is 1. The van der Waals surface area contributed by atoms with E-state index in [1.807, 2.05) is 0 Å². The zero-order chi connectivity index (χ0) is 19.3. The second kappa shape index (κ2) is 20.1. The highest BCUT2D eigenvalue weighted by Crippen LogP contribution is 2.13. The molecule has 26 heavy (non-hydrogen) atoms. The van der Waals surface area contributed by atoms with Crippen LogP contribution in [0.1, 0.15) is 110 Å². The Labute approximate surface area is 162 Å². The first kappa shape index (κ1) is 24.8. The van der Waals surface area contributed by atoms with Gasteiger partial charge >= 0.3 is 5.97 Å². The monoisotopic (exact) mass is 366 g/mol. The predicted molar refractivity (Wildman–Crippen MR) is 111 cm³/mol. The van der Waals surface area contributed by atoms with E-state index >= 15 is 0 Å². The zero-order valence-electron chi connectivity index (χ0n) is 17.4. The van der Waals surface area contributed by atoms with Crippen molar-refractivity contribution in [3.05, 3.63) is 24.7 Å². The van der Waals surface area contributed by atoms with E-state index in [4.69, 9.17) is 9.47 Å². The molecule has 0 N–H and O–H groups in total. The number of carbonyl (C=O) groups is 1. The fourth-order valence-electron chi connectivity index (χ4n) is 2.82. The summed E-state index contributed by atoms with van der Waals surface area (Å²) in [7, 11) is 0. The van der Waals surface area contributed by atoms with Gasteiger partial charge < -0.3 is 9.47 Å². The second-order valence-electron chi connectivity index (χ2n) is 7.06. The molecule has 0 heterocycles. The quantitative estimate of drug-likeness (QED) is 0.103. The van der Waals surface area contributed by atoms with Crippen molar-refractivity contribution >= 4 is 5.97 Å². The van der Waals surface area contributed by atoms with E-state index in [1.165, 1.54) is 83.5 Å². The van der Waals surface area contributed by atoms with Gasteiger partial charge in [-0.3, -0.25) is 4.79 Å². The number of hydrogen-bond acceptors (Lipinski definition) is 3. The molecule has 3 heteroatoms. The van der Waals surface area contributed by atoms with Gasteiger partial charge in [0.1, 0.15) is 5.76 Å². The van der Waals surface area contributed by atoms with Crippen molar-refractivity contribution in [2.45, 2.75) is 110 Å². The van der Waals surface area contributed by atoms with Crippen LogP contribution in [-0.4, -0.2) is 12.6 Å². The molecule has 0 atom stereocenters. The third-order valence-corrected chi connectivity index (χ3v) is 4.50. The average Bonchev–Trinajstić information content (AvgIpc) is 2.64. The summed E-state index contributed by atoms with van der Waals surface area (Å²) < 4.78 is 10.3. The third-order valence-electron chi connectivity index (χ3n) is 4.50. The molecule has 0 aliphatic heterocycles. The second-order valence-corrected chi connectivity index (χ2v) is 7.06. The van der Waals surface area contributed by atoms with Crippen LogP contribution < -0.4 is 0 Å². The highest BCUT2D eigenvalue weighted by Gasteiger charge is 1.98. The molecule has 0 bridgehead atoms. The first-order valence-electron chi connectivity index (χ1n) is 10.9. The normalized spacial score (nSPS) is 11.0. The standard InChI is InChI=1S/C23H42O3/c1-4-6-7-8-9-10-11-12-13-14-15-16-17-18-20-25-21-19-22(3)26-23(24)5-2/h19,21H,3-18,20H2,1-2H3/b21-19+. The molecule has 0 aromatic carbocycles. The highest BCUT2D eigenvalue weighted by atomic mass is 16.5. The van der Waals surface area contributed by atoms with E-state index in [0.29, 0.717) is 18.8 Å². The number of unbranched alkanes of at least 4 members (excludes halogenated alkanes) is 13. The van der Waals surface area contributed by atoms with Gasteiger partial charge in [0.05, 0.1) is 12.9 Å². The Morgan fingerprint density at radius 1 is 0.769 bits per heavy atom. The van der Waals surface area contributed by atoms with Gasteiger partial charge in [0.2, 0.25) is 0 Å². The average molecular weight is 367 g/mol. The summed E-state index contributed by atoms with van der Waals surface area (Å²) >= 11 is 0. The zero-order valence-corrected chi connectivity index (χ0v) is 17.4. The van der Waals surface area contributed by atoms with E-state index in [1.54, 1.807) is 19.3 Å². The van der Waals surface area contributed by atoms with Gasteiger partial charge in [0, 0.05) is 12.5 Å². The molecule has 0 spiro atoms. The molecular weight excluding hydrogens is 324 g/mol. The minimum absolute atomic E-state index is 0.272. The number of rotatable bonds is 19. The van der Waals surface area contributed by atoms with Crippen molar-refractivity contribution in [3.63, 3.8) is 0 Å². The molecule has 0 unspecified atom stereocenters. The van der Waals surface area contributed by atoms with Gasteiger partial charge in [0.25, 0.3) is 0 Å². The van der Waals surface area contributed by atoms with E-state index in [0.717, 1.165) is 6.42 Å². The Hall–Kier alpha value is -1.25. The minimum atomic E-state index is -0.272. The lowest BCUT2D eigenvalue weighted by molar-refractivity contribution is -0.138. The summed E-state index contributed by atoms with van der Waals surface area (Å²) in [6.45, 7) is 8.39. The predicted octanol–water partition coefficient (Wildman–Crippen LogP) is 7.46. The van der Waals surface area contributed by atoms with Gasteiger partial charge in [-0.1, -0.05) is 104 Å². The molecule has 0 aliphatic carbocycles. The lowest BCUT2D eigenvalue weighted by atomic mass is 10.0. The van der Waals surface area contributed by atoms with Crippen molar-refractivity contribution in [2.24, 2.45) is 0 Å². The van der Waals surface area contributed by atoms with Crippen LogP contribution in [0.25, 0.3) is 0 Å².